The molecule has 15 heavy (non-hydrogen) atoms. The fourth-order valence-corrected chi connectivity index (χ4v) is 1.74. The molecule has 0 aliphatic carbocycles. The predicted molar refractivity (Wildman–Crippen MR) is 63.7 cm³/mol. The van der Waals surface area contributed by atoms with Gasteiger partial charge in [-0.2, -0.15) is 0 Å². The van der Waals surface area contributed by atoms with Crippen LogP contribution < -0.4 is 5.73 Å². The first-order chi connectivity index (χ1) is 7.22. The van der Waals surface area contributed by atoms with Crippen LogP contribution in [0.5, 0.6) is 0 Å². The molecule has 0 unspecified atom stereocenters. The van der Waals surface area contributed by atoms with Crippen molar-refractivity contribution in [2.24, 2.45) is 5.73 Å². The highest BCUT2D eigenvalue weighted by Crippen LogP contribution is 2.21. The van der Waals surface area contributed by atoms with Gasteiger partial charge >= 0.3 is 0 Å². The molecule has 2 nitrogen and oxygen atoms in total. The van der Waals surface area contributed by atoms with Crippen molar-refractivity contribution in [2.45, 2.75) is 26.3 Å². The van der Waals surface area contributed by atoms with Crippen molar-refractivity contribution >= 4 is 10.8 Å². The molecule has 0 atom stereocenters. The minimum Gasteiger partial charge on any atom is -0.325 e. The number of pyridine rings is 1. The molecule has 0 aliphatic rings. The van der Waals surface area contributed by atoms with E-state index in [1.54, 1.807) is 0 Å². The van der Waals surface area contributed by atoms with E-state index < -0.39 is 0 Å². The van der Waals surface area contributed by atoms with Crippen molar-refractivity contribution in [2.75, 3.05) is 0 Å². The van der Waals surface area contributed by atoms with Gasteiger partial charge in [0.15, 0.2) is 0 Å². The number of hydrogen-bond donors (Lipinski definition) is 1. The van der Waals surface area contributed by atoms with Crippen molar-refractivity contribution in [1.82, 2.24) is 4.98 Å². The van der Waals surface area contributed by atoms with Gasteiger partial charge in [0, 0.05) is 17.6 Å². The average Bonchev–Trinajstić information content (AvgIpc) is 2.27. The Morgan fingerprint density at radius 2 is 2.00 bits per heavy atom. The van der Waals surface area contributed by atoms with Gasteiger partial charge in [-0.1, -0.05) is 38.1 Å². The monoisotopic (exact) mass is 200 g/mol. The highest BCUT2D eigenvalue weighted by atomic mass is 14.8. The van der Waals surface area contributed by atoms with E-state index in [0.717, 1.165) is 11.4 Å². The van der Waals surface area contributed by atoms with Crippen LogP contribution >= 0.6 is 0 Å². The molecule has 0 fully saturated rings. The zero-order valence-corrected chi connectivity index (χ0v) is 9.20. The van der Waals surface area contributed by atoms with E-state index in [9.17, 15) is 0 Å². The molecule has 2 heteroatoms. The van der Waals surface area contributed by atoms with Crippen molar-refractivity contribution in [3.8, 4) is 0 Å². The molecule has 78 valence electrons. The Morgan fingerprint density at radius 3 is 2.67 bits per heavy atom. The Morgan fingerprint density at radius 1 is 1.27 bits per heavy atom. The van der Waals surface area contributed by atoms with Gasteiger partial charge < -0.3 is 5.73 Å². The maximum Gasteiger partial charge on any atom is 0.0621 e. The van der Waals surface area contributed by atoms with Crippen LogP contribution in [0.1, 0.15) is 31.2 Å². The third kappa shape index (κ3) is 1.85. The summed E-state index contributed by atoms with van der Waals surface area (Å²) in [5.41, 5.74) is 7.84. The normalized spacial score (nSPS) is 11.2. The minimum absolute atomic E-state index is 0.444. The smallest absolute Gasteiger partial charge is 0.0621 e. The Kier molecular flexibility index (Phi) is 2.69. The second-order valence-electron chi connectivity index (χ2n) is 4.07. The van der Waals surface area contributed by atoms with Gasteiger partial charge in [-0.05, 0) is 17.4 Å². The van der Waals surface area contributed by atoms with Crippen molar-refractivity contribution in [3.63, 3.8) is 0 Å². The second-order valence-corrected chi connectivity index (χ2v) is 4.07. The van der Waals surface area contributed by atoms with Gasteiger partial charge in [0.2, 0.25) is 0 Å². The van der Waals surface area contributed by atoms with Crippen molar-refractivity contribution in [3.05, 3.63) is 41.7 Å². The van der Waals surface area contributed by atoms with Crippen LogP contribution in [-0.4, -0.2) is 4.98 Å². The quantitative estimate of drug-likeness (QED) is 0.809. The lowest BCUT2D eigenvalue weighted by Gasteiger charge is -2.10. The van der Waals surface area contributed by atoms with Crippen LogP contribution in [0.25, 0.3) is 10.8 Å². The van der Waals surface area contributed by atoms with E-state index in [0.29, 0.717) is 12.5 Å². The van der Waals surface area contributed by atoms with Crippen molar-refractivity contribution < 1.29 is 0 Å². The first-order valence-electron chi connectivity index (χ1n) is 5.31. The number of nitrogens with zero attached hydrogens (tertiary/aromatic N) is 1. The molecule has 1 aromatic carbocycles. The second kappa shape index (κ2) is 3.99. The first-order valence-corrected chi connectivity index (χ1v) is 5.31. The zero-order chi connectivity index (χ0) is 10.8. The highest BCUT2D eigenvalue weighted by Gasteiger charge is 2.06. The molecule has 1 heterocycles. The SMILES string of the molecule is CC(C)c1cc2ccccc2c(CN)n1. The van der Waals surface area contributed by atoms with Crippen LogP contribution in [0.15, 0.2) is 30.3 Å². The molecule has 0 aliphatic heterocycles. The van der Waals surface area contributed by atoms with E-state index in [1.807, 2.05) is 12.1 Å². The molecular weight excluding hydrogens is 184 g/mol. The summed E-state index contributed by atoms with van der Waals surface area (Å²) in [4.78, 5) is 4.59. The van der Waals surface area contributed by atoms with Gasteiger partial charge in [0.05, 0.1) is 5.69 Å². The topological polar surface area (TPSA) is 38.9 Å². The predicted octanol–water partition coefficient (Wildman–Crippen LogP) is 2.82. The Bertz CT molecular complexity index is 475. The molecule has 2 N–H and O–H groups in total. The largest absolute Gasteiger partial charge is 0.325 e. The summed E-state index contributed by atoms with van der Waals surface area (Å²) in [6, 6.07) is 10.4. The molecular formula is C13H16N2. The molecule has 0 radical (unpaired) electrons. The van der Waals surface area contributed by atoms with Gasteiger partial charge in [0.25, 0.3) is 0 Å². The molecule has 2 aromatic rings. The van der Waals surface area contributed by atoms with E-state index in [1.165, 1.54) is 10.8 Å². The number of nitrogens with two attached hydrogens (primary N) is 1. The van der Waals surface area contributed by atoms with E-state index in [2.05, 4.69) is 37.0 Å². The summed E-state index contributed by atoms with van der Waals surface area (Å²) in [5.74, 6) is 0.444. The van der Waals surface area contributed by atoms with Crippen LogP contribution in [-0.2, 0) is 6.54 Å². The van der Waals surface area contributed by atoms with Gasteiger partial charge in [0.1, 0.15) is 0 Å². The molecule has 0 spiro atoms. The van der Waals surface area contributed by atoms with Gasteiger partial charge in [-0.3, -0.25) is 4.98 Å². The molecule has 0 saturated heterocycles. The lowest BCUT2D eigenvalue weighted by Crippen LogP contribution is -2.04. The Balaban J connectivity index is 2.71. The lowest BCUT2D eigenvalue weighted by atomic mass is 10.0. The fourth-order valence-electron chi connectivity index (χ4n) is 1.74. The summed E-state index contributed by atoms with van der Waals surface area (Å²) >= 11 is 0. The van der Waals surface area contributed by atoms with E-state index in [-0.39, 0.29) is 0 Å². The molecule has 1 aromatic heterocycles. The molecule has 0 bridgehead atoms. The number of hydrogen-bond acceptors (Lipinski definition) is 2. The molecule has 0 saturated carbocycles. The van der Waals surface area contributed by atoms with Gasteiger partial charge in [-0.25, -0.2) is 0 Å². The maximum absolute atomic E-state index is 5.72. The fraction of sp³-hybridized carbons (Fsp3) is 0.308. The zero-order valence-electron chi connectivity index (χ0n) is 9.20. The summed E-state index contributed by atoms with van der Waals surface area (Å²) in [6.45, 7) is 4.80. The van der Waals surface area contributed by atoms with Crippen LogP contribution in [0.3, 0.4) is 0 Å². The standard InChI is InChI=1S/C13H16N2/c1-9(2)12-7-10-5-3-4-6-11(10)13(8-14)15-12/h3-7,9H,8,14H2,1-2H3. The van der Waals surface area contributed by atoms with Gasteiger partial charge in [-0.15, -0.1) is 0 Å². The van der Waals surface area contributed by atoms with E-state index >= 15 is 0 Å². The Labute approximate surface area is 90.1 Å². The number of benzene rings is 1. The molecule has 2 rings (SSSR count). The average molecular weight is 200 g/mol. The third-order valence-electron chi connectivity index (χ3n) is 2.62. The number of fused-ring (bicyclic) bond motifs is 1. The summed E-state index contributed by atoms with van der Waals surface area (Å²) in [6.07, 6.45) is 0. The minimum atomic E-state index is 0.444. The van der Waals surface area contributed by atoms with Crippen LogP contribution in [0.4, 0.5) is 0 Å². The van der Waals surface area contributed by atoms with Crippen LogP contribution in [0, 0.1) is 0 Å². The maximum atomic E-state index is 5.72. The third-order valence-corrected chi connectivity index (χ3v) is 2.62. The lowest BCUT2D eigenvalue weighted by molar-refractivity contribution is 0.809. The molecule has 0 amide bonds. The van der Waals surface area contributed by atoms with Crippen LogP contribution in [0.2, 0.25) is 0 Å². The summed E-state index contributed by atoms with van der Waals surface area (Å²) < 4.78 is 0. The highest BCUT2D eigenvalue weighted by molar-refractivity contribution is 5.84. The summed E-state index contributed by atoms with van der Waals surface area (Å²) in [7, 11) is 0. The van der Waals surface area contributed by atoms with E-state index in [4.69, 9.17) is 5.73 Å². The number of rotatable bonds is 2. The summed E-state index contributed by atoms with van der Waals surface area (Å²) in [5, 5.41) is 2.40. The van der Waals surface area contributed by atoms with Crippen molar-refractivity contribution in [1.29, 1.82) is 0 Å². The Hall–Kier alpha value is -1.41. The first kappa shape index (κ1) is 10.1. The number of aromatic nitrogens is 1.